The van der Waals surface area contributed by atoms with E-state index in [2.05, 4.69) is 0 Å². The largest absolute Gasteiger partial charge is 0.415 e. The molecule has 1 rings (SSSR count). The number of hydrogen-bond donors (Lipinski definition) is 0. The highest BCUT2D eigenvalue weighted by Crippen LogP contribution is 2.23. The van der Waals surface area contributed by atoms with E-state index < -0.39 is 6.09 Å². The Balaban J connectivity index is 2.58. The number of rotatable bonds is 3. The van der Waals surface area contributed by atoms with Crippen molar-refractivity contribution in [2.45, 2.75) is 6.42 Å². The van der Waals surface area contributed by atoms with E-state index in [1.807, 2.05) is 6.07 Å². The van der Waals surface area contributed by atoms with Crippen LogP contribution in [-0.4, -0.2) is 24.6 Å². The van der Waals surface area contributed by atoms with Crippen molar-refractivity contribution >= 4 is 17.7 Å². The first-order valence-electron chi connectivity index (χ1n) is 4.69. The maximum absolute atomic E-state index is 11.5. The number of benzene rings is 1. The monoisotopic (exact) mass is 238 g/mol. The zero-order chi connectivity index (χ0) is 12.0. The van der Waals surface area contributed by atoms with E-state index in [1.54, 1.807) is 31.3 Å². The lowest BCUT2D eigenvalue weighted by Gasteiger charge is -2.15. The summed E-state index contributed by atoms with van der Waals surface area (Å²) in [6, 6.07) is 8.68. The van der Waals surface area contributed by atoms with E-state index in [0.717, 1.165) is 0 Å². The number of carbonyl (C=O) groups excluding carboxylic acids is 1. The van der Waals surface area contributed by atoms with Gasteiger partial charge in [-0.15, -0.1) is 0 Å². The molecule has 0 unspecified atom stereocenters. The van der Waals surface area contributed by atoms with Crippen molar-refractivity contribution in [3.63, 3.8) is 0 Å². The zero-order valence-corrected chi connectivity index (χ0v) is 9.57. The summed E-state index contributed by atoms with van der Waals surface area (Å²) in [4.78, 5) is 12.8. The summed E-state index contributed by atoms with van der Waals surface area (Å²) in [5.41, 5.74) is 0. The number of nitriles is 1. The van der Waals surface area contributed by atoms with Crippen LogP contribution in [0.5, 0.6) is 5.75 Å². The van der Waals surface area contributed by atoms with Gasteiger partial charge >= 0.3 is 6.09 Å². The molecule has 5 heteroatoms. The molecule has 0 atom stereocenters. The second kappa shape index (κ2) is 5.99. The summed E-state index contributed by atoms with van der Waals surface area (Å²) in [5, 5.41) is 8.76. The molecule has 0 bridgehead atoms. The Bertz CT molecular complexity index is 415. The Labute approximate surface area is 99.0 Å². The molecule has 0 saturated carbocycles. The molecule has 0 fully saturated rings. The van der Waals surface area contributed by atoms with E-state index >= 15 is 0 Å². The second-order valence-electron chi connectivity index (χ2n) is 3.13. The number of halogens is 1. The minimum Gasteiger partial charge on any atom is -0.409 e. The first kappa shape index (κ1) is 12.3. The summed E-state index contributed by atoms with van der Waals surface area (Å²) in [7, 11) is 1.57. The van der Waals surface area contributed by atoms with Crippen LogP contribution in [0.3, 0.4) is 0 Å². The quantitative estimate of drug-likeness (QED) is 0.814. The molecule has 0 radical (unpaired) electrons. The molecule has 1 aromatic carbocycles. The van der Waals surface area contributed by atoms with Gasteiger partial charge in [-0.25, -0.2) is 4.79 Å². The summed E-state index contributed by atoms with van der Waals surface area (Å²) < 4.78 is 5.05. The lowest BCUT2D eigenvalue weighted by Crippen LogP contribution is -2.30. The fourth-order valence-corrected chi connectivity index (χ4v) is 1.18. The van der Waals surface area contributed by atoms with Crippen LogP contribution in [0.2, 0.25) is 5.02 Å². The minimum atomic E-state index is -0.525. The molecule has 0 spiro atoms. The lowest BCUT2D eigenvalue weighted by atomic mass is 10.3. The average Bonchev–Trinajstić information content (AvgIpc) is 2.28. The zero-order valence-electron chi connectivity index (χ0n) is 8.81. The van der Waals surface area contributed by atoms with Crippen molar-refractivity contribution in [2.75, 3.05) is 13.6 Å². The molecular weight excluding hydrogens is 228 g/mol. The van der Waals surface area contributed by atoms with Gasteiger partial charge in [-0.1, -0.05) is 23.7 Å². The average molecular weight is 239 g/mol. The second-order valence-corrected chi connectivity index (χ2v) is 3.54. The SMILES string of the molecule is CN(CCC#N)C(=O)Oc1ccccc1Cl. The van der Waals surface area contributed by atoms with Crippen molar-refractivity contribution in [1.29, 1.82) is 5.26 Å². The number of para-hydroxylation sites is 1. The van der Waals surface area contributed by atoms with Gasteiger partial charge in [-0.3, -0.25) is 0 Å². The molecular formula is C11H11ClN2O2. The molecule has 0 heterocycles. The Hall–Kier alpha value is -1.73. The van der Waals surface area contributed by atoms with Crippen LogP contribution >= 0.6 is 11.6 Å². The maximum atomic E-state index is 11.5. The summed E-state index contributed by atoms with van der Waals surface area (Å²) in [6.45, 7) is 0.333. The van der Waals surface area contributed by atoms with Gasteiger partial charge in [-0.2, -0.15) is 5.26 Å². The minimum absolute atomic E-state index is 0.272. The molecule has 1 aromatic rings. The van der Waals surface area contributed by atoms with E-state index in [1.165, 1.54) is 4.90 Å². The highest BCUT2D eigenvalue weighted by molar-refractivity contribution is 6.32. The highest BCUT2D eigenvalue weighted by atomic mass is 35.5. The number of ether oxygens (including phenoxy) is 1. The molecule has 1 amide bonds. The Morgan fingerprint density at radius 2 is 2.25 bits per heavy atom. The van der Waals surface area contributed by atoms with Crippen LogP contribution < -0.4 is 4.74 Å². The molecule has 16 heavy (non-hydrogen) atoms. The molecule has 0 N–H and O–H groups in total. The summed E-state index contributed by atoms with van der Waals surface area (Å²) >= 11 is 5.83. The maximum Gasteiger partial charge on any atom is 0.415 e. The first-order chi connectivity index (χ1) is 7.65. The van der Waals surface area contributed by atoms with Crippen molar-refractivity contribution < 1.29 is 9.53 Å². The van der Waals surface area contributed by atoms with Crippen LogP contribution in [0.4, 0.5) is 4.79 Å². The highest BCUT2D eigenvalue weighted by Gasteiger charge is 2.12. The Morgan fingerprint density at radius 3 is 2.88 bits per heavy atom. The summed E-state index contributed by atoms with van der Waals surface area (Å²) in [6.07, 6.45) is -0.253. The molecule has 4 nitrogen and oxygen atoms in total. The van der Waals surface area contributed by atoms with E-state index in [0.29, 0.717) is 17.3 Å². The molecule has 0 aliphatic heterocycles. The van der Waals surface area contributed by atoms with Crippen molar-refractivity contribution in [2.24, 2.45) is 0 Å². The van der Waals surface area contributed by atoms with Gasteiger partial charge < -0.3 is 9.64 Å². The van der Waals surface area contributed by atoms with Gasteiger partial charge in [0.2, 0.25) is 0 Å². The van der Waals surface area contributed by atoms with E-state index in [9.17, 15) is 4.79 Å². The van der Waals surface area contributed by atoms with Crippen LogP contribution in [-0.2, 0) is 0 Å². The lowest BCUT2D eigenvalue weighted by molar-refractivity contribution is 0.164. The van der Waals surface area contributed by atoms with Crippen LogP contribution in [0, 0.1) is 11.3 Å². The standard InChI is InChI=1S/C11H11ClN2O2/c1-14(8-4-7-13)11(15)16-10-6-3-2-5-9(10)12/h2-3,5-6H,4,8H2,1H3. The fourth-order valence-electron chi connectivity index (χ4n) is 1.01. The topological polar surface area (TPSA) is 53.3 Å². The predicted octanol–water partition coefficient (Wildman–Crippen LogP) is 2.68. The van der Waals surface area contributed by atoms with Gasteiger partial charge in [0.25, 0.3) is 0 Å². The van der Waals surface area contributed by atoms with Crippen LogP contribution in [0.25, 0.3) is 0 Å². The van der Waals surface area contributed by atoms with Crippen molar-refractivity contribution in [3.05, 3.63) is 29.3 Å². The number of nitrogens with zero attached hydrogens (tertiary/aromatic N) is 2. The third-order valence-corrected chi connectivity index (χ3v) is 2.22. The first-order valence-corrected chi connectivity index (χ1v) is 5.07. The molecule has 0 saturated heterocycles. The third-order valence-electron chi connectivity index (χ3n) is 1.90. The number of carbonyl (C=O) groups is 1. The van der Waals surface area contributed by atoms with E-state index in [4.69, 9.17) is 21.6 Å². The fraction of sp³-hybridized carbons (Fsp3) is 0.273. The smallest absolute Gasteiger partial charge is 0.409 e. The van der Waals surface area contributed by atoms with Gasteiger partial charge in [0.05, 0.1) is 17.5 Å². The number of hydrogen-bond acceptors (Lipinski definition) is 3. The Morgan fingerprint density at radius 1 is 1.56 bits per heavy atom. The van der Waals surface area contributed by atoms with Crippen molar-refractivity contribution in [3.8, 4) is 11.8 Å². The molecule has 0 aliphatic rings. The third kappa shape index (κ3) is 3.44. The van der Waals surface area contributed by atoms with Gasteiger partial charge in [0.15, 0.2) is 5.75 Å². The predicted molar refractivity (Wildman–Crippen MR) is 60.3 cm³/mol. The van der Waals surface area contributed by atoms with Crippen LogP contribution in [0.15, 0.2) is 24.3 Å². The van der Waals surface area contributed by atoms with Crippen LogP contribution in [0.1, 0.15) is 6.42 Å². The number of amides is 1. The normalized spacial score (nSPS) is 9.31. The Kier molecular flexibility index (Phi) is 4.62. The van der Waals surface area contributed by atoms with Gasteiger partial charge in [0.1, 0.15) is 0 Å². The molecule has 84 valence electrons. The molecule has 0 aliphatic carbocycles. The molecule has 0 aromatic heterocycles. The van der Waals surface area contributed by atoms with Gasteiger partial charge in [-0.05, 0) is 12.1 Å². The van der Waals surface area contributed by atoms with E-state index in [-0.39, 0.29) is 6.42 Å². The van der Waals surface area contributed by atoms with Gasteiger partial charge in [0, 0.05) is 13.6 Å². The summed E-state index contributed by atoms with van der Waals surface area (Å²) in [5.74, 6) is 0.318. The van der Waals surface area contributed by atoms with Crippen molar-refractivity contribution in [1.82, 2.24) is 4.90 Å².